The van der Waals surface area contributed by atoms with Gasteiger partial charge in [-0.1, -0.05) is 52.1 Å². The Morgan fingerprint density at radius 3 is 2.53 bits per heavy atom. The van der Waals surface area contributed by atoms with Gasteiger partial charge in [-0.05, 0) is 36.7 Å². The number of hydrogen-bond donors (Lipinski definition) is 1. The zero-order chi connectivity index (χ0) is 11.4. The van der Waals surface area contributed by atoms with Crippen LogP contribution in [0.25, 0.3) is 0 Å². The fourth-order valence-electron chi connectivity index (χ4n) is 1.74. The minimum Gasteiger partial charge on any atom is -0.313 e. The second kappa shape index (κ2) is 6.02. The average Bonchev–Trinajstić information content (AvgIpc) is 2.23. The highest BCUT2D eigenvalue weighted by atomic mass is 79.9. The maximum atomic E-state index is 3.61. The summed E-state index contributed by atoms with van der Waals surface area (Å²) in [6, 6.07) is 6.72. The summed E-state index contributed by atoms with van der Waals surface area (Å²) in [6.07, 6.45) is 1.17. The lowest BCUT2D eigenvalue weighted by atomic mass is 9.93. The second-order valence-electron chi connectivity index (χ2n) is 3.82. The summed E-state index contributed by atoms with van der Waals surface area (Å²) in [5.41, 5.74) is 1.32. The molecule has 0 amide bonds. The third kappa shape index (κ3) is 3.30. The Balaban J connectivity index is 3.05. The SMILES string of the molecule is CCC(C)C(NC)c1cc(Br)ccc1Br. The Bertz CT molecular complexity index is 325. The van der Waals surface area contributed by atoms with Crippen molar-refractivity contribution in [1.82, 2.24) is 5.32 Å². The first-order valence-electron chi connectivity index (χ1n) is 5.22. The van der Waals surface area contributed by atoms with Gasteiger partial charge in [0.25, 0.3) is 0 Å². The van der Waals surface area contributed by atoms with E-state index in [0.717, 1.165) is 4.47 Å². The molecule has 0 radical (unpaired) electrons. The van der Waals surface area contributed by atoms with Crippen LogP contribution in [0.2, 0.25) is 0 Å². The van der Waals surface area contributed by atoms with Crippen LogP contribution >= 0.6 is 31.9 Å². The summed E-state index contributed by atoms with van der Waals surface area (Å²) in [7, 11) is 2.02. The minimum absolute atomic E-state index is 0.405. The molecular formula is C12H17Br2N. The van der Waals surface area contributed by atoms with E-state index in [2.05, 4.69) is 69.2 Å². The number of halogens is 2. The maximum absolute atomic E-state index is 3.61. The van der Waals surface area contributed by atoms with Gasteiger partial charge in [-0.25, -0.2) is 0 Å². The molecule has 0 fully saturated rings. The molecular weight excluding hydrogens is 318 g/mol. The van der Waals surface area contributed by atoms with Crippen molar-refractivity contribution in [2.24, 2.45) is 5.92 Å². The lowest BCUT2D eigenvalue weighted by molar-refractivity contribution is 0.399. The normalized spacial score (nSPS) is 15.0. The summed E-state index contributed by atoms with van der Waals surface area (Å²) in [5, 5.41) is 3.39. The molecule has 0 saturated carbocycles. The van der Waals surface area contributed by atoms with Crippen molar-refractivity contribution in [3.63, 3.8) is 0 Å². The van der Waals surface area contributed by atoms with Crippen LogP contribution in [0, 0.1) is 5.92 Å². The highest BCUT2D eigenvalue weighted by molar-refractivity contribution is 9.11. The van der Waals surface area contributed by atoms with Crippen LogP contribution in [0.1, 0.15) is 31.9 Å². The molecule has 0 heterocycles. The predicted molar refractivity (Wildman–Crippen MR) is 73.1 cm³/mol. The third-order valence-electron chi connectivity index (χ3n) is 2.82. The number of nitrogens with one attached hydrogen (secondary N) is 1. The van der Waals surface area contributed by atoms with Gasteiger partial charge >= 0.3 is 0 Å². The fraction of sp³-hybridized carbons (Fsp3) is 0.500. The van der Waals surface area contributed by atoms with Gasteiger partial charge in [0, 0.05) is 15.0 Å². The van der Waals surface area contributed by atoms with E-state index >= 15 is 0 Å². The lowest BCUT2D eigenvalue weighted by Crippen LogP contribution is -2.23. The monoisotopic (exact) mass is 333 g/mol. The van der Waals surface area contributed by atoms with Gasteiger partial charge in [0.15, 0.2) is 0 Å². The Labute approximate surface area is 109 Å². The van der Waals surface area contributed by atoms with Crippen molar-refractivity contribution >= 4 is 31.9 Å². The van der Waals surface area contributed by atoms with Crippen molar-refractivity contribution in [2.45, 2.75) is 26.3 Å². The molecule has 1 aromatic carbocycles. The third-order valence-corrected chi connectivity index (χ3v) is 4.03. The summed E-state index contributed by atoms with van der Waals surface area (Å²) in [4.78, 5) is 0. The predicted octanol–water partition coefficient (Wildman–Crippen LogP) is 4.52. The fourth-order valence-corrected chi connectivity index (χ4v) is 2.61. The Morgan fingerprint density at radius 1 is 1.33 bits per heavy atom. The topological polar surface area (TPSA) is 12.0 Å². The first-order valence-corrected chi connectivity index (χ1v) is 6.81. The summed E-state index contributed by atoms with van der Waals surface area (Å²) in [6.45, 7) is 4.50. The molecule has 2 atom stereocenters. The van der Waals surface area contributed by atoms with E-state index in [1.54, 1.807) is 0 Å². The molecule has 0 bridgehead atoms. The molecule has 0 aliphatic carbocycles. The maximum Gasteiger partial charge on any atom is 0.0355 e. The van der Waals surface area contributed by atoms with E-state index < -0.39 is 0 Å². The van der Waals surface area contributed by atoms with Crippen molar-refractivity contribution in [1.29, 1.82) is 0 Å². The van der Waals surface area contributed by atoms with E-state index in [1.165, 1.54) is 16.5 Å². The molecule has 3 heteroatoms. The van der Waals surface area contributed by atoms with Gasteiger partial charge < -0.3 is 5.32 Å². The van der Waals surface area contributed by atoms with Crippen LogP contribution < -0.4 is 5.32 Å². The van der Waals surface area contributed by atoms with Crippen LogP contribution in [0.3, 0.4) is 0 Å². The molecule has 0 aliphatic heterocycles. The molecule has 0 aliphatic rings. The van der Waals surface area contributed by atoms with Crippen molar-refractivity contribution in [2.75, 3.05) is 7.05 Å². The van der Waals surface area contributed by atoms with E-state index in [-0.39, 0.29) is 0 Å². The standard InChI is InChI=1S/C12H17Br2N/c1-4-8(2)12(15-3)10-7-9(13)5-6-11(10)14/h5-8,12,15H,4H2,1-3H3. The summed E-state index contributed by atoms with van der Waals surface area (Å²) < 4.78 is 2.30. The Hall–Kier alpha value is 0.140. The largest absolute Gasteiger partial charge is 0.313 e. The molecule has 0 spiro atoms. The molecule has 84 valence electrons. The zero-order valence-corrected chi connectivity index (χ0v) is 12.5. The minimum atomic E-state index is 0.405. The van der Waals surface area contributed by atoms with Gasteiger partial charge in [-0.3, -0.25) is 0 Å². The average molecular weight is 335 g/mol. The molecule has 15 heavy (non-hydrogen) atoms. The molecule has 1 aromatic rings. The number of hydrogen-bond acceptors (Lipinski definition) is 1. The van der Waals surface area contributed by atoms with Gasteiger partial charge in [0.05, 0.1) is 0 Å². The van der Waals surface area contributed by atoms with Crippen LogP contribution in [0.5, 0.6) is 0 Å². The van der Waals surface area contributed by atoms with E-state index in [0.29, 0.717) is 12.0 Å². The highest BCUT2D eigenvalue weighted by Crippen LogP contribution is 2.31. The van der Waals surface area contributed by atoms with Crippen LogP contribution in [0.4, 0.5) is 0 Å². The van der Waals surface area contributed by atoms with Crippen LogP contribution in [0.15, 0.2) is 27.1 Å². The van der Waals surface area contributed by atoms with Gasteiger partial charge in [-0.15, -0.1) is 0 Å². The number of benzene rings is 1. The molecule has 0 aromatic heterocycles. The highest BCUT2D eigenvalue weighted by Gasteiger charge is 2.18. The van der Waals surface area contributed by atoms with Crippen LogP contribution in [-0.2, 0) is 0 Å². The second-order valence-corrected chi connectivity index (χ2v) is 5.59. The molecule has 2 unspecified atom stereocenters. The van der Waals surface area contributed by atoms with Crippen molar-refractivity contribution in [3.8, 4) is 0 Å². The summed E-state index contributed by atoms with van der Waals surface area (Å²) >= 11 is 7.12. The van der Waals surface area contributed by atoms with E-state index in [1.807, 2.05) is 7.05 Å². The molecule has 1 N–H and O–H groups in total. The van der Waals surface area contributed by atoms with Gasteiger partial charge in [0.1, 0.15) is 0 Å². The molecule has 0 saturated heterocycles. The first-order chi connectivity index (χ1) is 7.10. The smallest absolute Gasteiger partial charge is 0.0355 e. The first kappa shape index (κ1) is 13.2. The Morgan fingerprint density at radius 2 is 2.00 bits per heavy atom. The lowest BCUT2D eigenvalue weighted by Gasteiger charge is -2.24. The molecule has 1 nitrogen and oxygen atoms in total. The van der Waals surface area contributed by atoms with Gasteiger partial charge in [-0.2, -0.15) is 0 Å². The quantitative estimate of drug-likeness (QED) is 0.853. The summed E-state index contributed by atoms with van der Waals surface area (Å²) in [5.74, 6) is 0.626. The van der Waals surface area contributed by atoms with Crippen LogP contribution in [-0.4, -0.2) is 7.05 Å². The zero-order valence-electron chi connectivity index (χ0n) is 9.35. The van der Waals surface area contributed by atoms with Gasteiger partial charge in [0.2, 0.25) is 0 Å². The Kier molecular flexibility index (Phi) is 5.30. The van der Waals surface area contributed by atoms with E-state index in [9.17, 15) is 0 Å². The van der Waals surface area contributed by atoms with Crippen molar-refractivity contribution < 1.29 is 0 Å². The van der Waals surface area contributed by atoms with E-state index in [4.69, 9.17) is 0 Å². The number of rotatable bonds is 4. The molecule has 1 rings (SSSR count). The van der Waals surface area contributed by atoms with Crippen molar-refractivity contribution in [3.05, 3.63) is 32.7 Å².